The third-order valence-electron chi connectivity index (χ3n) is 4.94. The first-order valence-corrected chi connectivity index (χ1v) is 10.6. The number of carbonyl (C=O) groups excluding carboxylic acids is 2. The molecule has 8 nitrogen and oxygen atoms in total. The lowest BCUT2D eigenvalue weighted by atomic mass is 10.1. The van der Waals surface area contributed by atoms with Gasteiger partial charge in [0, 0.05) is 34.6 Å². The van der Waals surface area contributed by atoms with Crippen LogP contribution in [-0.4, -0.2) is 37.3 Å². The second-order valence-corrected chi connectivity index (χ2v) is 8.43. The maximum absolute atomic E-state index is 11.6. The highest BCUT2D eigenvalue weighted by molar-refractivity contribution is 14.1. The summed E-state index contributed by atoms with van der Waals surface area (Å²) in [4.78, 5) is 34.9. The van der Waals surface area contributed by atoms with Gasteiger partial charge in [-0.15, -0.1) is 0 Å². The SMILES string of the molecule is Nc1ncnc2c1ncn2CCC(=O)NC1CC1.O=C1CCc2cc(I)ccc21.S. The number of hydrogen-bond acceptors (Lipinski definition) is 6. The number of nitrogen functional groups attached to an aromatic ring is 1. The molecule has 2 aromatic heterocycles. The summed E-state index contributed by atoms with van der Waals surface area (Å²) in [6.45, 7) is 0.547. The molecule has 1 saturated carbocycles. The van der Waals surface area contributed by atoms with Crippen molar-refractivity contribution in [3.63, 3.8) is 0 Å². The number of halogens is 1. The summed E-state index contributed by atoms with van der Waals surface area (Å²) in [5.41, 5.74) is 9.10. The predicted octanol–water partition coefficient (Wildman–Crippen LogP) is 2.61. The van der Waals surface area contributed by atoms with Gasteiger partial charge in [0.1, 0.15) is 11.8 Å². The number of nitrogens with one attached hydrogen (secondary N) is 1. The first kappa shape index (κ1) is 22.5. The van der Waals surface area contributed by atoms with E-state index in [1.165, 1.54) is 15.5 Å². The monoisotopic (exact) mass is 538 g/mol. The van der Waals surface area contributed by atoms with Crippen LogP contribution in [-0.2, 0) is 17.8 Å². The van der Waals surface area contributed by atoms with Crippen molar-refractivity contribution in [1.29, 1.82) is 0 Å². The number of benzene rings is 1. The Morgan fingerprint density at radius 2 is 2.03 bits per heavy atom. The van der Waals surface area contributed by atoms with Gasteiger partial charge in [0.15, 0.2) is 17.2 Å². The van der Waals surface area contributed by atoms with Gasteiger partial charge in [-0.1, -0.05) is 6.07 Å². The molecule has 0 aliphatic heterocycles. The van der Waals surface area contributed by atoms with E-state index in [-0.39, 0.29) is 19.4 Å². The molecule has 1 aromatic carbocycles. The molecule has 2 heterocycles. The molecule has 158 valence electrons. The van der Waals surface area contributed by atoms with Gasteiger partial charge in [0.25, 0.3) is 0 Å². The van der Waals surface area contributed by atoms with E-state index < -0.39 is 0 Å². The number of carbonyl (C=O) groups is 2. The molecular weight excluding hydrogens is 515 g/mol. The van der Waals surface area contributed by atoms with Crippen molar-refractivity contribution in [3.05, 3.63) is 45.6 Å². The number of Topliss-reactive ketones (excluding diaryl/α,β-unsaturated/α-hetero) is 1. The number of rotatable bonds is 4. The van der Waals surface area contributed by atoms with Crippen LogP contribution in [0.5, 0.6) is 0 Å². The Morgan fingerprint density at radius 1 is 1.23 bits per heavy atom. The van der Waals surface area contributed by atoms with Gasteiger partial charge in [-0.25, -0.2) is 15.0 Å². The van der Waals surface area contributed by atoms with Gasteiger partial charge >= 0.3 is 0 Å². The van der Waals surface area contributed by atoms with E-state index in [1.54, 1.807) is 6.33 Å². The zero-order chi connectivity index (χ0) is 20.4. The number of fused-ring (bicyclic) bond motifs is 2. The fourth-order valence-corrected chi connectivity index (χ4v) is 3.79. The van der Waals surface area contributed by atoms with Gasteiger partial charge in [-0.3, -0.25) is 9.59 Å². The first-order chi connectivity index (χ1) is 14.0. The van der Waals surface area contributed by atoms with Crippen LogP contribution in [0.3, 0.4) is 0 Å². The number of ketones is 1. The number of amides is 1. The Bertz CT molecular complexity index is 1080. The smallest absolute Gasteiger partial charge is 0.222 e. The molecule has 0 bridgehead atoms. The van der Waals surface area contributed by atoms with Crippen LogP contribution in [0.1, 0.15) is 41.6 Å². The third-order valence-corrected chi connectivity index (χ3v) is 5.61. The summed E-state index contributed by atoms with van der Waals surface area (Å²) in [5.74, 6) is 0.735. The van der Waals surface area contributed by atoms with Crippen molar-refractivity contribution in [2.75, 3.05) is 5.73 Å². The van der Waals surface area contributed by atoms with Crippen LogP contribution < -0.4 is 11.1 Å². The Morgan fingerprint density at radius 3 is 2.80 bits per heavy atom. The molecule has 1 amide bonds. The largest absolute Gasteiger partial charge is 0.382 e. The van der Waals surface area contributed by atoms with Gasteiger partial charge in [0.2, 0.25) is 5.91 Å². The lowest BCUT2D eigenvalue weighted by Crippen LogP contribution is -2.26. The fourth-order valence-electron chi connectivity index (χ4n) is 3.24. The number of aryl methyl sites for hydroxylation is 2. The lowest BCUT2D eigenvalue weighted by Gasteiger charge is -2.04. The van der Waals surface area contributed by atoms with Crippen molar-refractivity contribution >= 4 is 64.8 Å². The highest BCUT2D eigenvalue weighted by Gasteiger charge is 2.23. The standard InChI is InChI=1S/C11H14N6O.C9H7IO.H2S/c12-10-9-11(14-5-13-10)17(6-15-9)4-3-8(18)16-7-1-2-7;10-7-2-3-8-6(5-7)1-4-9(8)11;/h5-7H,1-4H2,(H,16,18)(H2,12,13,14);2-3,5H,1,4H2;1H2. The van der Waals surface area contributed by atoms with E-state index in [0.717, 1.165) is 24.8 Å². The zero-order valence-corrected chi connectivity index (χ0v) is 19.4. The Hall–Kier alpha value is -2.21. The molecule has 5 rings (SSSR count). The van der Waals surface area contributed by atoms with Crippen molar-refractivity contribution in [3.8, 4) is 0 Å². The molecule has 10 heteroatoms. The van der Waals surface area contributed by atoms with Crippen LogP contribution in [0.25, 0.3) is 11.2 Å². The second-order valence-electron chi connectivity index (χ2n) is 7.19. The van der Waals surface area contributed by atoms with Crippen molar-refractivity contribution in [1.82, 2.24) is 24.8 Å². The molecule has 0 radical (unpaired) electrons. The van der Waals surface area contributed by atoms with E-state index in [1.807, 2.05) is 16.7 Å². The van der Waals surface area contributed by atoms with Gasteiger partial charge in [-0.05, 0) is 59.5 Å². The van der Waals surface area contributed by atoms with Gasteiger partial charge in [-0.2, -0.15) is 13.5 Å². The molecule has 0 spiro atoms. The average molecular weight is 538 g/mol. The molecule has 0 saturated heterocycles. The maximum Gasteiger partial charge on any atom is 0.222 e. The minimum atomic E-state index is 0. The van der Waals surface area contributed by atoms with Gasteiger partial charge in [0.05, 0.1) is 6.33 Å². The number of imidazole rings is 1. The number of nitrogens with zero attached hydrogens (tertiary/aromatic N) is 4. The summed E-state index contributed by atoms with van der Waals surface area (Å²) in [6.07, 6.45) is 7.31. The number of hydrogen-bond donors (Lipinski definition) is 2. The molecule has 0 unspecified atom stereocenters. The van der Waals surface area contributed by atoms with Crippen molar-refractivity contribution < 1.29 is 9.59 Å². The minimum Gasteiger partial charge on any atom is -0.382 e. The lowest BCUT2D eigenvalue weighted by molar-refractivity contribution is -0.121. The highest BCUT2D eigenvalue weighted by Crippen LogP contribution is 2.23. The third kappa shape index (κ3) is 5.28. The first-order valence-electron chi connectivity index (χ1n) is 9.53. The molecule has 1 fully saturated rings. The molecule has 30 heavy (non-hydrogen) atoms. The zero-order valence-electron chi connectivity index (χ0n) is 16.3. The molecule has 0 atom stereocenters. The molecule has 2 aliphatic rings. The highest BCUT2D eigenvalue weighted by atomic mass is 127. The van der Waals surface area contributed by atoms with E-state index in [9.17, 15) is 9.59 Å². The van der Waals surface area contributed by atoms with Crippen LogP contribution in [0.15, 0.2) is 30.9 Å². The van der Waals surface area contributed by atoms with Crippen LogP contribution >= 0.6 is 36.1 Å². The van der Waals surface area contributed by atoms with E-state index in [2.05, 4.69) is 48.9 Å². The molecule has 3 aromatic rings. The number of nitrogens with two attached hydrogens (primary N) is 1. The normalized spacial score (nSPS) is 14.5. The Labute approximate surface area is 194 Å². The number of aromatic nitrogens is 4. The van der Waals surface area contributed by atoms with E-state index in [4.69, 9.17) is 5.73 Å². The minimum absolute atomic E-state index is 0. The predicted molar refractivity (Wildman–Crippen MR) is 128 cm³/mol. The Balaban J connectivity index is 0.000000184. The molecule has 3 N–H and O–H groups in total. The summed E-state index contributed by atoms with van der Waals surface area (Å²) in [7, 11) is 0. The van der Waals surface area contributed by atoms with E-state index in [0.29, 0.717) is 48.2 Å². The van der Waals surface area contributed by atoms with Crippen LogP contribution in [0.2, 0.25) is 0 Å². The maximum atomic E-state index is 11.6. The summed E-state index contributed by atoms with van der Waals surface area (Å²) in [5, 5.41) is 2.95. The van der Waals surface area contributed by atoms with Crippen LogP contribution in [0, 0.1) is 3.57 Å². The fraction of sp³-hybridized carbons (Fsp3) is 0.350. The van der Waals surface area contributed by atoms with E-state index >= 15 is 0 Å². The average Bonchev–Trinajstić information content (AvgIpc) is 3.29. The molecule has 2 aliphatic carbocycles. The summed E-state index contributed by atoms with van der Waals surface area (Å²) >= 11 is 2.27. The quantitative estimate of drug-likeness (QED) is 0.494. The Kier molecular flexibility index (Phi) is 7.29. The second kappa shape index (κ2) is 9.73. The topological polar surface area (TPSA) is 116 Å². The van der Waals surface area contributed by atoms with Crippen molar-refractivity contribution in [2.45, 2.75) is 44.7 Å². The molecular formula is C20H23IN6O2S. The van der Waals surface area contributed by atoms with Gasteiger partial charge < -0.3 is 15.6 Å². The summed E-state index contributed by atoms with van der Waals surface area (Å²) in [6, 6.07) is 6.42. The van der Waals surface area contributed by atoms with Crippen molar-refractivity contribution in [2.24, 2.45) is 0 Å². The summed E-state index contributed by atoms with van der Waals surface area (Å²) < 4.78 is 3.04. The van der Waals surface area contributed by atoms with Crippen LogP contribution in [0.4, 0.5) is 5.82 Å². The number of anilines is 1.